The molecule has 126 valence electrons. The zero-order valence-electron chi connectivity index (χ0n) is 15.0. The van der Waals surface area contributed by atoms with Crippen LogP contribution >= 0.6 is 0 Å². The molecule has 0 amide bonds. The van der Waals surface area contributed by atoms with E-state index in [2.05, 4.69) is 11.0 Å². The first kappa shape index (κ1) is 19.2. The van der Waals surface area contributed by atoms with Crippen LogP contribution in [0.2, 0.25) is 0 Å². The van der Waals surface area contributed by atoms with E-state index in [1.165, 1.54) is 7.11 Å². The second-order valence-electron chi connectivity index (χ2n) is 6.95. The first-order valence-corrected chi connectivity index (χ1v) is 7.88. The van der Waals surface area contributed by atoms with Crippen LogP contribution in [0.5, 0.6) is 0 Å². The number of hydrogen-bond acceptors (Lipinski definition) is 5. The van der Waals surface area contributed by atoms with E-state index in [1.54, 1.807) is 0 Å². The summed E-state index contributed by atoms with van der Waals surface area (Å²) in [5.41, 5.74) is -0.596. The van der Waals surface area contributed by atoms with Crippen LogP contribution in [0.3, 0.4) is 0 Å². The molecule has 5 nitrogen and oxygen atoms in total. The van der Waals surface area contributed by atoms with Gasteiger partial charge in [-0.3, -0.25) is 4.79 Å². The third kappa shape index (κ3) is 5.11. The van der Waals surface area contributed by atoms with Gasteiger partial charge in [-0.25, -0.2) is 0 Å². The van der Waals surface area contributed by atoms with Gasteiger partial charge < -0.3 is 18.9 Å². The zero-order chi connectivity index (χ0) is 17.0. The Kier molecular flexibility index (Phi) is 6.65. The van der Waals surface area contributed by atoms with Crippen LogP contribution < -0.4 is 0 Å². The number of methoxy groups -OCH3 is 1. The smallest absolute Gasteiger partial charge is 0.469 e. The maximum absolute atomic E-state index is 11.3. The van der Waals surface area contributed by atoms with Gasteiger partial charge in [0.1, 0.15) is 0 Å². The summed E-state index contributed by atoms with van der Waals surface area (Å²) in [6.07, 6.45) is 3.36. The molecule has 0 aliphatic carbocycles. The van der Waals surface area contributed by atoms with Crippen LogP contribution in [-0.4, -0.2) is 55.9 Å². The van der Waals surface area contributed by atoms with Gasteiger partial charge in [-0.2, -0.15) is 0 Å². The van der Waals surface area contributed by atoms with Crippen molar-refractivity contribution in [2.45, 2.75) is 64.7 Å². The van der Waals surface area contributed by atoms with Gasteiger partial charge >= 0.3 is 13.1 Å². The molecule has 0 radical (unpaired) electrons. The molecule has 6 heteroatoms. The summed E-state index contributed by atoms with van der Waals surface area (Å²) in [4.78, 5) is 13.4. The summed E-state index contributed by atoms with van der Waals surface area (Å²) in [6.45, 7) is 11.1. The lowest BCUT2D eigenvalue weighted by atomic mass is 9.90. The standard InChI is InChI=1S/C16H30BNO4/c1-13(12-14(19)20-7)18(6)11-9-8-10-17-21-15(2,3)16(4,5)22-17/h8,10,13H,9,11-12H2,1-7H3/b10-8+/t13-/m0/s1. The van der Waals surface area contributed by atoms with Crippen LogP contribution in [0.25, 0.3) is 0 Å². The highest BCUT2D eigenvalue weighted by atomic mass is 16.7. The molecule has 0 spiro atoms. The van der Waals surface area contributed by atoms with E-state index < -0.39 is 0 Å². The van der Waals surface area contributed by atoms with Gasteiger partial charge in [0.05, 0.1) is 24.7 Å². The van der Waals surface area contributed by atoms with Crippen molar-refractivity contribution in [3.8, 4) is 0 Å². The molecule has 1 rings (SSSR count). The molecule has 0 aromatic rings. The van der Waals surface area contributed by atoms with Crippen LogP contribution in [0, 0.1) is 0 Å². The average molecular weight is 311 g/mol. The summed E-state index contributed by atoms with van der Waals surface area (Å²) < 4.78 is 16.5. The Morgan fingerprint density at radius 2 is 1.82 bits per heavy atom. The van der Waals surface area contributed by atoms with Crippen molar-refractivity contribution in [2.24, 2.45) is 0 Å². The van der Waals surface area contributed by atoms with Gasteiger partial charge in [-0.05, 0) is 48.1 Å². The number of rotatable bonds is 7. The van der Waals surface area contributed by atoms with Crippen LogP contribution in [-0.2, 0) is 18.8 Å². The lowest BCUT2D eigenvalue weighted by Gasteiger charge is -2.32. The maximum Gasteiger partial charge on any atom is 0.486 e. The molecule has 0 aromatic carbocycles. The largest absolute Gasteiger partial charge is 0.486 e. The zero-order valence-corrected chi connectivity index (χ0v) is 15.0. The molecule has 1 aliphatic heterocycles. The third-order valence-corrected chi connectivity index (χ3v) is 4.66. The van der Waals surface area contributed by atoms with E-state index in [1.807, 2.05) is 47.6 Å². The highest BCUT2D eigenvalue weighted by Crippen LogP contribution is 2.36. The molecule has 22 heavy (non-hydrogen) atoms. The Morgan fingerprint density at radius 1 is 1.27 bits per heavy atom. The lowest BCUT2D eigenvalue weighted by Crippen LogP contribution is -2.41. The first-order chi connectivity index (χ1) is 10.1. The van der Waals surface area contributed by atoms with Gasteiger partial charge in [-0.1, -0.05) is 12.1 Å². The highest BCUT2D eigenvalue weighted by molar-refractivity contribution is 6.51. The van der Waals surface area contributed by atoms with Crippen molar-refractivity contribution in [1.29, 1.82) is 0 Å². The summed E-state index contributed by atoms with van der Waals surface area (Å²) in [5, 5.41) is 0. The minimum absolute atomic E-state index is 0.165. The van der Waals surface area contributed by atoms with Gasteiger partial charge in [-0.15, -0.1) is 0 Å². The van der Waals surface area contributed by atoms with Crippen molar-refractivity contribution in [1.82, 2.24) is 4.90 Å². The Labute approximate surface area is 135 Å². The fourth-order valence-electron chi connectivity index (χ4n) is 2.15. The molecular formula is C16H30BNO4. The quantitative estimate of drug-likeness (QED) is 0.534. The van der Waals surface area contributed by atoms with Crippen molar-refractivity contribution < 1.29 is 18.8 Å². The van der Waals surface area contributed by atoms with E-state index >= 15 is 0 Å². The van der Waals surface area contributed by atoms with Gasteiger partial charge in [0, 0.05) is 12.6 Å². The maximum atomic E-state index is 11.3. The van der Waals surface area contributed by atoms with Crippen molar-refractivity contribution in [3.05, 3.63) is 12.1 Å². The number of nitrogens with zero attached hydrogens (tertiary/aromatic N) is 1. The van der Waals surface area contributed by atoms with Gasteiger partial charge in [0.2, 0.25) is 0 Å². The second-order valence-corrected chi connectivity index (χ2v) is 6.95. The predicted molar refractivity (Wildman–Crippen MR) is 88.6 cm³/mol. The fraction of sp³-hybridized carbons (Fsp3) is 0.812. The molecule has 1 fully saturated rings. The molecule has 0 aromatic heterocycles. The molecule has 1 heterocycles. The fourth-order valence-corrected chi connectivity index (χ4v) is 2.15. The summed E-state index contributed by atoms with van der Waals surface area (Å²) in [5.74, 6) is 1.79. The van der Waals surface area contributed by atoms with E-state index in [4.69, 9.17) is 14.0 Å². The van der Waals surface area contributed by atoms with Crippen LogP contribution in [0.1, 0.15) is 47.5 Å². The Bertz CT molecular complexity index is 393. The highest BCUT2D eigenvalue weighted by Gasteiger charge is 2.49. The Hall–Kier alpha value is -0.845. The number of carbonyl (C=O) groups excluding carboxylic acids is 1. The van der Waals surface area contributed by atoms with Crippen molar-refractivity contribution in [2.75, 3.05) is 20.7 Å². The molecule has 0 unspecified atom stereocenters. The lowest BCUT2D eigenvalue weighted by molar-refractivity contribution is -0.141. The summed E-state index contributed by atoms with van der Waals surface area (Å²) in [6, 6.07) is 0.165. The topological polar surface area (TPSA) is 48.0 Å². The van der Waals surface area contributed by atoms with E-state index in [0.717, 1.165) is 13.0 Å². The summed E-state index contributed by atoms with van der Waals surface area (Å²) >= 11 is 0. The second kappa shape index (κ2) is 7.62. The Morgan fingerprint density at radius 3 is 2.32 bits per heavy atom. The van der Waals surface area contributed by atoms with Gasteiger partial charge in [0.25, 0.3) is 0 Å². The molecule has 1 saturated heterocycles. The molecule has 0 bridgehead atoms. The van der Waals surface area contributed by atoms with Gasteiger partial charge in [0.15, 0.2) is 0 Å². The molecule has 1 atom stereocenters. The monoisotopic (exact) mass is 311 g/mol. The minimum Gasteiger partial charge on any atom is -0.469 e. The van der Waals surface area contributed by atoms with Crippen molar-refractivity contribution >= 4 is 13.1 Å². The van der Waals surface area contributed by atoms with E-state index in [0.29, 0.717) is 6.42 Å². The average Bonchev–Trinajstić information content (AvgIpc) is 2.62. The molecule has 0 saturated carbocycles. The first-order valence-electron chi connectivity index (χ1n) is 7.88. The molecular weight excluding hydrogens is 281 g/mol. The van der Waals surface area contributed by atoms with E-state index in [9.17, 15) is 4.79 Å². The van der Waals surface area contributed by atoms with Crippen LogP contribution in [0.4, 0.5) is 0 Å². The number of esters is 1. The van der Waals surface area contributed by atoms with Crippen molar-refractivity contribution in [3.63, 3.8) is 0 Å². The SMILES string of the molecule is COC(=O)C[C@H](C)N(C)CC/C=C/B1OC(C)(C)C(C)(C)O1. The Balaban J connectivity index is 2.34. The normalized spacial score (nSPS) is 21.5. The minimum atomic E-state index is -0.298. The third-order valence-electron chi connectivity index (χ3n) is 4.66. The number of ether oxygens (including phenoxy) is 1. The molecule has 0 N–H and O–H groups in total. The summed E-state index contributed by atoms with van der Waals surface area (Å²) in [7, 11) is 3.14. The number of hydrogen-bond donors (Lipinski definition) is 0. The van der Waals surface area contributed by atoms with Crippen LogP contribution in [0.15, 0.2) is 12.1 Å². The number of carbonyl (C=O) groups is 1. The van der Waals surface area contributed by atoms with E-state index in [-0.39, 0.29) is 30.3 Å². The predicted octanol–water partition coefficient (Wildman–Crippen LogP) is 2.45. The molecule has 1 aliphatic rings.